The molecule has 0 aliphatic carbocycles. The molecule has 0 saturated heterocycles. The second-order valence-electron chi connectivity index (χ2n) is 5.91. The van der Waals surface area contributed by atoms with E-state index in [0.29, 0.717) is 6.42 Å². The lowest BCUT2D eigenvalue weighted by Crippen LogP contribution is -2.14. The third kappa shape index (κ3) is 3.28. The summed E-state index contributed by atoms with van der Waals surface area (Å²) in [6.07, 6.45) is 0.357. The minimum Gasteiger partial charge on any atom is -0.326 e. The number of carbonyl (C=O) groups excluding carboxylic acids is 1. The number of carbonyl (C=O) groups is 1. The SMILES string of the molecule is O=C(Cc1ccccc1)Nc1ccc2[nH]nc(-c3ccccc3)c2c1. The molecule has 4 nitrogen and oxygen atoms in total. The number of nitrogens with zero attached hydrogens (tertiary/aromatic N) is 1. The first-order chi connectivity index (χ1) is 12.3. The molecule has 3 aromatic carbocycles. The first-order valence-corrected chi connectivity index (χ1v) is 8.17. The van der Waals surface area contributed by atoms with Gasteiger partial charge in [-0.1, -0.05) is 60.7 Å². The molecule has 122 valence electrons. The highest BCUT2D eigenvalue weighted by Crippen LogP contribution is 2.28. The summed E-state index contributed by atoms with van der Waals surface area (Å²) in [5, 5.41) is 11.4. The highest BCUT2D eigenvalue weighted by molar-refractivity contribution is 5.98. The predicted molar refractivity (Wildman–Crippen MR) is 100 cm³/mol. The molecule has 0 radical (unpaired) electrons. The van der Waals surface area contributed by atoms with Crippen LogP contribution in [-0.4, -0.2) is 16.1 Å². The molecule has 0 aliphatic rings. The Morgan fingerprint density at radius 1 is 0.920 bits per heavy atom. The summed E-state index contributed by atoms with van der Waals surface area (Å²) in [6, 6.07) is 25.5. The minimum atomic E-state index is -0.0321. The molecule has 1 amide bonds. The Bertz CT molecular complexity index is 1010. The van der Waals surface area contributed by atoms with Crippen molar-refractivity contribution >= 4 is 22.5 Å². The molecule has 0 aliphatic heterocycles. The number of benzene rings is 3. The molecule has 0 fully saturated rings. The summed E-state index contributed by atoms with van der Waals surface area (Å²) in [5.74, 6) is -0.0321. The van der Waals surface area contributed by atoms with Gasteiger partial charge in [0.15, 0.2) is 0 Å². The van der Waals surface area contributed by atoms with E-state index in [4.69, 9.17) is 0 Å². The monoisotopic (exact) mass is 327 g/mol. The van der Waals surface area contributed by atoms with E-state index in [2.05, 4.69) is 15.5 Å². The first-order valence-electron chi connectivity index (χ1n) is 8.17. The molecule has 25 heavy (non-hydrogen) atoms. The van der Waals surface area contributed by atoms with Crippen LogP contribution in [0.2, 0.25) is 0 Å². The van der Waals surface area contributed by atoms with E-state index >= 15 is 0 Å². The second kappa shape index (κ2) is 6.61. The maximum absolute atomic E-state index is 12.3. The summed E-state index contributed by atoms with van der Waals surface area (Å²) < 4.78 is 0. The average Bonchev–Trinajstić information content (AvgIpc) is 3.06. The summed E-state index contributed by atoms with van der Waals surface area (Å²) in [4.78, 5) is 12.3. The smallest absolute Gasteiger partial charge is 0.228 e. The average molecular weight is 327 g/mol. The summed E-state index contributed by atoms with van der Waals surface area (Å²) in [6.45, 7) is 0. The molecule has 0 bridgehead atoms. The lowest BCUT2D eigenvalue weighted by atomic mass is 10.1. The van der Waals surface area contributed by atoms with Crippen molar-refractivity contribution in [3.8, 4) is 11.3 Å². The lowest BCUT2D eigenvalue weighted by molar-refractivity contribution is -0.115. The molecule has 0 unspecified atom stereocenters. The molecule has 4 heteroatoms. The van der Waals surface area contributed by atoms with E-state index < -0.39 is 0 Å². The number of fused-ring (bicyclic) bond motifs is 1. The van der Waals surface area contributed by atoms with E-state index in [9.17, 15) is 4.79 Å². The van der Waals surface area contributed by atoms with Crippen LogP contribution in [0.1, 0.15) is 5.56 Å². The molecule has 0 saturated carbocycles. The molecule has 0 spiro atoms. The molecule has 4 rings (SSSR count). The summed E-state index contributed by atoms with van der Waals surface area (Å²) in [7, 11) is 0. The van der Waals surface area contributed by atoms with Crippen LogP contribution in [0.4, 0.5) is 5.69 Å². The van der Waals surface area contributed by atoms with Gasteiger partial charge in [0.2, 0.25) is 5.91 Å². The zero-order chi connectivity index (χ0) is 17.1. The molecule has 1 aromatic heterocycles. The van der Waals surface area contributed by atoms with Crippen LogP contribution in [0.15, 0.2) is 78.9 Å². The fraction of sp³-hybridized carbons (Fsp3) is 0.0476. The highest BCUT2D eigenvalue weighted by Gasteiger charge is 2.10. The van der Waals surface area contributed by atoms with Crippen molar-refractivity contribution in [1.29, 1.82) is 0 Å². The largest absolute Gasteiger partial charge is 0.326 e. The fourth-order valence-corrected chi connectivity index (χ4v) is 2.89. The van der Waals surface area contributed by atoms with Gasteiger partial charge in [0, 0.05) is 16.6 Å². The maximum atomic E-state index is 12.3. The first kappa shape index (κ1) is 15.1. The van der Waals surface area contributed by atoms with Gasteiger partial charge in [0.1, 0.15) is 0 Å². The van der Waals surface area contributed by atoms with Crippen LogP contribution in [0, 0.1) is 0 Å². The van der Waals surface area contributed by atoms with Crippen molar-refractivity contribution in [3.63, 3.8) is 0 Å². The van der Waals surface area contributed by atoms with E-state index in [-0.39, 0.29) is 5.91 Å². The quantitative estimate of drug-likeness (QED) is 0.583. The normalized spacial score (nSPS) is 10.7. The number of amides is 1. The third-order valence-electron chi connectivity index (χ3n) is 4.10. The van der Waals surface area contributed by atoms with Crippen molar-refractivity contribution in [2.75, 3.05) is 5.32 Å². The standard InChI is InChI=1S/C21H17N3O/c25-20(13-15-7-3-1-4-8-15)22-17-11-12-19-18(14-17)21(24-23-19)16-9-5-2-6-10-16/h1-12,14H,13H2,(H,22,25)(H,23,24). The highest BCUT2D eigenvalue weighted by atomic mass is 16.1. The van der Waals surface area contributed by atoms with Gasteiger partial charge in [-0.05, 0) is 23.8 Å². The minimum absolute atomic E-state index is 0.0321. The number of anilines is 1. The van der Waals surface area contributed by atoms with E-state index in [0.717, 1.165) is 33.4 Å². The van der Waals surface area contributed by atoms with Gasteiger partial charge in [0.05, 0.1) is 17.6 Å². The van der Waals surface area contributed by atoms with E-state index in [1.54, 1.807) is 0 Å². The van der Waals surface area contributed by atoms with Crippen LogP contribution in [0.5, 0.6) is 0 Å². The number of nitrogens with one attached hydrogen (secondary N) is 2. The van der Waals surface area contributed by atoms with Gasteiger partial charge in [0.25, 0.3) is 0 Å². The topological polar surface area (TPSA) is 57.8 Å². The van der Waals surface area contributed by atoms with Crippen molar-refractivity contribution in [2.45, 2.75) is 6.42 Å². The van der Waals surface area contributed by atoms with Crippen molar-refractivity contribution in [1.82, 2.24) is 10.2 Å². The number of aromatic nitrogens is 2. The van der Waals surface area contributed by atoms with Gasteiger partial charge in [-0.3, -0.25) is 9.89 Å². The number of hydrogen-bond donors (Lipinski definition) is 2. The maximum Gasteiger partial charge on any atom is 0.228 e. The van der Waals surface area contributed by atoms with Crippen LogP contribution in [0.25, 0.3) is 22.2 Å². The Labute approximate surface area is 145 Å². The Balaban J connectivity index is 1.59. The predicted octanol–water partition coefficient (Wildman–Crippen LogP) is 4.41. The summed E-state index contributed by atoms with van der Waals surface area (Å²) >= 11 is 0. The van der Waals surface area contributed by atoms with Gasteiger partial charge in [-0.2, -0.15) is 5.10 Å². The van der Waals surface area contributed by atoms with Gasteiger partial charge in [-0.15, -0.1) is 0 Å². The Hall–Kier alpha value is -3.40. The molecular formula is C21H17N3O. The zero-order valence-electron chi connectivity index (χ0n) is 13.6. The molecule has 1 heterocycles. The lowest BCUT2D eigenvalue weighted by Gasteiger charge is -2.06. The number of hydrogen-bond acceptors (Lipinski definition) is 2. The number of H-pyrrole nitrogens is 1. The molecule has 2 N–H and O–H groups in total. The van der Waals surface area contributed by atoms with Crippen molar-refractivity contribution in [3.05, 3.63) is 84.4 Å². The van der Waals surface area contributed by atoms with Crippen LogP contribution >= 0.6 is 0 Å². The van der Waals surface area contributed by atoms with Gasteiger partial charge in [-0.25, -0.2) is 0 Å². The van der Waals surface area contributed by atoms with Crippen molar-refractivity contribution < 1.29 is 4.79 Å². The van der Waals surface area contributed by atoms with Crippen LogP contribution < -0.4 is 5.32 Å². The number of rotatable bonds is 4. The summed E-state index contributed by atoms with van der Waals surface area (Å²) in [5.41, 5.74) is 4.64. The Morgan fingerprint density at radius 2 is 1.64 bits per heavy atom. The third-order valence-corrected chi connectivity index (χ3v) is 4.10. The molecular weight excluding hydrogens is 310 g/mol. The number of aromatic amines is 1. The van der Waals surface area contributed by atoms with Crippen molar-refractivity contribution in [2.24, 2.45) is 0 Å². The zero-order valence-corrected chi connectivity index (χ0v) is 13.6. The van der Waals surface area contributed by atoms with Gasteiger partial charge >= 0.3 is 0 Å². The molecule has 4 aromatic rings. The van der Waals surface area contributed by atoms with Crippen LogP contribution in [0.3, 0.4) is 0 Å². The van der Waals surface area contributed by atoms with E-state index in [1.165, 1.54) is 0 Å². The Kier molecular flexibility index (Phi) is 4.01. The van der Waals surface area contributed by atoms with Gasteiger partial charge < -0.3 is 5.32 Å². The van der Waals surface area contributed by atoms with Crippen LogP contribution in [-0.2, 0) is 11.2 Å². The second-order valence-corrected chi connectivity index (χ2v) is 5.91. The Morgan fingerprint density at radius 3 is 2.40 bits per heavy atom. The molecule has 0 atom stereocenters. The van der Waals surface area contributed by atoms with E-state index in [1.807, 2.05) is 78.9 Å². The fourth-order valence-electron chi connectivity index (χ4n) is 2.89.